The van der Waals surface area contributed by atoms with Gasteiger partial charge in [0.1, 0.15) is 11.9 Å². The molecule has 0 bridgehead atoms. The zero-order valence-electron chi connectivity index (χ0n) is 9.87. The molecule has 0 spiro atoms. The van der Waals surface area contributed by atoms with Gasteiger partial charge < -0.3 is 10.1 Å². The molecular weight excluding hydrogens is 234 g/mol. The third-order valence-corrected chi connectivity index (χ3v) is 3.12. The number of benzene rings is 1. The van der Waals surface area contributed by atoms with Crippen molar-refractivity contribution in [2.75, 3.05) is 6.54 Å². The summed E-state index contributed by atoms with van der Waals surface area (Å²) >= 11 is 5.95. The lowest BCUT2D eigenvalue weighted by atomic mass is 10.1. The minimum absolute atomic E-state index is 0.184. The molecule has 0 aliphatic carbocycles. The molecule has 1 heterocycles. The van der Waals surface area contributed by atoms with Crippen LogP contribution in [0.2, 0.25) is 5.02 Å². The second-order valence-electron chi connectivity index (χ2n) is 4.41. The molecule has 2 atom stereocenters. The zero-order chi connectivity index (χ0) is 12.3. The van der Waals surface area contributed by atoms with Gasteiger partial charge in [-0.15, -0.1) is 12.3 Å². The lowest BCUT2D eigenvalue weighted by Gasteiger charge is -2.15. The Bertz CT molecular complexity index is 438. The maximum Gasteiger partial charge on any atom is 0.123 e. The van der Waals surface area contributed by atoms with Crippen LogP contribution in [0, 0.1) is 12.3 Å². The Kier molecular flexibility index (Phi) is 3.93. The standard InChI is InChI=1S/C14H16ClNO/c1-3-4-10(2)16-9-13-8-11-7-12(15)5-6-14(11)17-13/h1,5-7,10,13,16H,4,8-9H2,2H3. The summed E-state index contributed by atoms with van der Waals surface area (Å²) in [6.07, 6.45) is 7.10. The molecule has 0 aromatic heterocycles. The van der Waals surface area contributed by atoms with Crippen LogP contribution in [0.5, 0.6) is 5.75 Å². The minimum Gasteiger partial charge on any atom is -0.488 e. The molecule has 0 amide bonds. The predicted molar refractivity (Wildman–Crippen MR) is 70.5 cm³/mol. The van der Waals surface area contributed by atoms with Gasteiger partial charge in [0, 0.05) is 30.5 Å². The van der Waals surface area contributed by atoms with Crippen molar-refractivity contribution in [2.24, 2.45) is 0 Å². The van der Waals surface area contributed by atoms with E-state index in [-0.39, 0.29) is 6.10 Å². The van der Waals surface area contributed by atoms with Gasteiger partial charge in [-0.25, -0.2) is 0 Å². The van der Waals surface area contributed by atoms with Crippen LogP contribution >= 0.6 is 11.6 Å². The first-order valence-corrected chi connectivity index (χ1v) is 6.18. The van der Waals surface area contributed by atoms with E-state index >= 15 is 0 Å². The molecule has 2 unspecified atom stereocenters. The highest BCUT2D eigenvalue weighted by molar-refractivity contribution is 6.30. The molecule has 1 aliphatic rings. The Balaban J connectivity index is 1.86. The fourth-order valence-electron chi connectivity index (χ4n) is 1.98. The second-order valence-corrected chi connectivity index (χ2v) is 4.85. The molecule has 0 saturated heterocycles. The van der Waals surface area contributed by atoms with E-state index in [0.29, 0.717) is 6.04 Å². The number of hydrogen-bond acceptors (Lipinski definition) is 2. The van der Waals surface area contributed by atoms with Crippen molar-refractivity contribution in [1.29, 1.82) is 0 Å². The van der Waals surface area contributed by atoms with Gasteiger partial charge >= 0.3 is 0 Å². The van der Waals surface area contributed by atoms with Gasteiger partial charge in [0.25, 0.3) is 0 Å². The predicted octanol–water partition coefficient (Wildman–Crippen LogP) is 2.64. The van der Waals surface area contributed by atoms with E-state index in [1.54, 1.807) is 0 Å². The Hall–Kier alpha value is -1.17. The Morgan fingerprint density at radius 1 is 1.65 bits per heavy atom. The summed E-state index contributed by atoms with van der Waals surface area (Å²) in [7, 11) is 0. The van der Waals surface area contributed by atoms with E-state index in [2.05, 4.69) is 18.2 Å². The van der Waals surface area contributed by atoms with E-state index in [9.17, 15) is 0 Å². The quantitative estimate of drug-likeness (QED) is 0.829. The highest BCUT2D eigenvalue weighted by Gasteiger charge is 2.22. The molecule has 90 valence electrons. The SMILES string of the molecule is C#CCC(C)NCC1Cc2cc(Cl)ccc2O1. The van der Waals surface area contributed by atoms with Crippen molar-refractivity contribution in [1.82, 2.24) is 5.32 Å². The molecular formula is C14H16ClNO. The van der Waals surface area contributed by atoms with Crippen LogP contribution in [-0.4, -0.2) is 18.7 Å². The number of nitrogens with one attached hydrogen (secondary N) is 1. The lowest BCUT2D eigenvalue weighted by Crippen LogP contribution is -2.35. The number of terminal acetylenes is 1. The molecule has 0 radical (unpaired) electrons. The minimum atomic E-state index is 0.184. The highest BCUT2D eigenvalue weighted by Crippen LogP contribution is 2.30. The van der Waals surface area contributed by atoms with Crippen molar-refractivity contribution in [3.63, 3.8) is 0 Å². The van der Waals surface area contributed by atoms with Crippen LogP contribution in [-0.2, 0) is 6.42 Å². The van der Waals surface area contributed by atoms with Crippen molar-refractivity contribution in [3.8, 4) is 18.1 Å². The van der Waals surface area contributed by atoms with Gasteiger partial charge in [-0.1, -0.05) is 11.6 Å². The van der Waals surface area contributed by atoms with Gasteiger partial charge in [0.05, 0.1) is 0 Å². The first-order valence-electron chi connectivity index (χ1n) is 5.81. The van der Waals surface area contributed by atoms with Crippen molar-refractivity contribution < 1.29 is 4.74 Å². The van der Waals surface area contributed by atoms with E-state index in [4.69, 9.17) is 22.8 Å². The average molecular weight is 250 g/mol. The normalized spacial score (nSPS) is 19.2. The second kappa shape index (κ2) is 5.44. The Morgan fingerprint density at radius 2 is 2.47 bits per heavy atom. The van der Waals surface area contributed by atoms with Crippen LogP contribution in [0.15, 0.2) is 18.2 Å². The first-order chi connectivity index (χ1) is 8.19. The zero-order valence-corrected chi connectivity index (χ0v) is 10.6. The third kappa shape index (κ3) is 3.15. The summed E-state index contributed by atoms with van der Waals surface area (Å²) in [5, 5.41) is 4.14. The highest BCUT2D eigenvalue weighted by atomic mass is 35.5. The molecule has 2 nitrogen and oxygen atoms in total. The Morgan fingerprint density at radius 3 is 3.24 bits per heavy atom. The first kappa shape index (κ1) is 12.3. The summed E-state index contributed by atoms with van der Waals surface area (Å²) in [6, 6.07) is 6.09. The van der Waals surface area contributed by atoms with Crippen LogP contribution in [0.3, 0.4) is 0 Å². The Labute approximate surface area is 107 Å². The van der Waals surface area contributed by atoms with E-state index in [1.807, 2.05) is 18.2 Å². The third-order valence-electron chi connectivity index (χ3n) is 2.88. The molecule has 1 N–H and O–H groups in total. The molecule has 0 saturated carbocycles. The molecule has 1 aromatic carbocycles. The number of ether oxygens (including phenoxy) is 1. The van der Waals surface area contributed by atoms with Gasteiger partial charge in [0.15, 0.2) is 0 Å². The largest absolute Gasteiger partial charge is 0.488 e. The van der Waals surface area contributed by atoms with Gasteiger partial charge in [-0.3, -0.25) is 0 Å². The molecule has 0 fully saturated rings. The number of fused-ring (bicyclic) bond motifs is 1. The summed E-state index contributed by atoms with van der Waals surface area (Å²) in [6.45, 7) is 2.90. The smallest absolute Gasteiger partial charge is 0.123 e. The van der Waals surface area contributed by atoms with Crippen LogP contribution in [0.1, 0.15) is 18.9 Å². The van der Waals surface area contributed by atoms with Crippen LogP contribution in [0.4, 0.5) is 0 Å². The molecule has 1 aliphatic heterocycles. The topological polar surface area (TPSA) is 21.3 Å². The number of rotatable bonds is 4. The van der Waals surface area contributed by atoms with Gasteiger partial charge in [-0.2, -0.15) is 0 Å². The van der Waals surface area contributed by atoms with E-state index in [0.717, 1.165) is 30.2 Å². The summed E-state index contributed by atoms with van der Waals surface area (Å²) in [4.78, 5) is 0. The van der Waals surface area contributed by atoms with Crippen molar-refractivity contribution in [2.45, 2.75) is 31.9 Å². The fraction of sp³-hybridized carbons (Fsp3) is 0.429. The molecule has 17 heavy (non-hydrogen) atoms. The summed E-state index contributed by atoms with van der Waals surface area (Å²) in [5.41, 5.74) is 1.19. The van der Waals surface area contributed by atoms with Crippen LogP contribution in [0.25, 0.3) is 0 Å². The fourth-order valence-corrected chi connectivity index (χ4v) is 2.18. The van der Waals surface area contributed by atoms with Crippen molar-refractivity contribution in [3.05, 3.63) is 28.8 Å². The molecule has 1 aromatic rings. The number of hydrogen-bond donors (Lipinski definition) is 1. The molecule has 2 rings (SSSR count). The van der Waals surface area contributed by atoms with Crippen LogP contribution < -0.4 is 10.1 Å². The average Bonchev–Trinajstić information content (AvgIpc) is 2.68. The molecule has 3 heteroatoms. The summed E-state index contributed by atoms with van der Waals surface area (Å²) in [5.74, 6) is 3.60. The maximum atomic E-state index is 5.95. The summed E-state index contributed by atoms with van der Waals surface area (Å²) < 4.78 is 5.82. The van der Waals surface area contributed by atoms with E-state index < -0.39 is 0 Å². The van der Waals surface area contributed by atoms with Gasteiger partial charge in [0.2, 0.25) is 0 Å². The monoisotopic (exact) mass is 249 g/mol. The van der Waals surface area contributed by atoms with Crippen molar-refractivity contribution >= 4 is 11.6 Å². The van der Waals surface area contributed by atoms with Gasteiger partial charge in [-0.05, 0) is 30.7 Å². The maximum absolute atomic E-state index is 5.95. The number of halogens is 1. The lowest BCUT2D eigenvalue weighted by molar-refractivity contribution is 0.223. The van der Waals surface area contributed by atoms with E-state index in [1.165, 1.54) is 5.56 Å².